The van der Waals surface area contributed by atoms with Crippen LogP contribution in [0.15, 0.2) is 0 Å². The molecule has 0 aromatic carbocycles. The van der Waals surface area contributed by atoms with E-state index in [0.29, 0.717) is 13.2 Å². The second kappa shape index (κ2) is 8.63. The Balaban J connectivity index is 2.74. The molecule has 118 valence electrons. The molecule has 21 heavy (non-hydrogen) atoms. The third-order valence-electron chi connectivity index (χ3n) is 2.95. The average molecular weight is 316 g/mol. The number of likely N-dealkylation sites (N-methyl/N-ethyl adjacent to an activating group) is 1. The van der Waals surface area contributed by atoms with Gasteiger partial charge in [-0.3, -0.25) is 4.79 Å². The highest BCUT2D eigenvalue weighted by Crippen LogP contribution is 2.21. The number of nitrogens with one attached hydrogen (secondary N) is 1. The van der Waals surface area contributed by atoms with Gasteiger partial charge in [-0.1, -0.05) is 25.4 Å². The fourth-order valence-corrected chi connectivity index (χ4v) is 1.87. The first-order valence-electron chi connectivity index (χ1n) is 6.99. The largest absolute Gasteiger partial charge is 0.476 e. The Labute approximate surface area is 129 Å². The molecular formula is C13H22ClN5O2. The number of nitrogens with zero attached hydrogens (tertiary/aromatic N) is 3. The first-order chi connectivity index (χ1) is 10.0. The van der Waals surface area contributed by atoms with Crippen molar-refractivity contribution in [3.8, 4) is 5.88 Å². The molecule has 7 nitrogen and oxygen atoms in total. The summed E-state index contributed by atoms with van der Waals surface area (Å²) in [5.74, 6) is -0.237. The predicted octanol–water partition coefficient (Wildman–Crippen LogP) is 1.18. The van der Waals surface area contributed by atoms with Crippen LogP contribution in [-0.2, 0) is 0 Å². The summed E-state index contributed by atoms with van der Waals surface area (Å²) in [6.45, 7) is 9.43. The molecule has 0 fully saturated rings. The van der Waals surface area contributed by atoms with Crippen molar-refractivity contribution in [1.29, 1.82) is 0 Å². The summed E-state index contributed by atoms with van der Waals surface area (Å²) in [4.78, 5) is 22.3. The summed E-state index contributed by atoms with van der Waals surface area (Å²) in [7, 11) is 0. The third-order valence-corrected chi connectivity index (χ3v) is 3.23. The smallest absolute Gasteiger partial charge is 0.275 e. The number of nitrogen functional groups attached to an aromatic ring is 1. The number of carbonyl (C=O) groups excluding carboxylic acids is 1. The van der Waals surface area contributed by atoms with Crippen LogP contribution in [-0.4, -0.2) is 53.6 Å². The number of hydrogen-bond donors (Lipinski definition) is 2. The fourth-order valence-electron chi connectivity index (χ4n) is 1.75. The van der Waals surface area contributed by atoms with E-state index in [0.717, 1.165) is 19.6 Å². The van der Waals surface area contributed by atoms with E-state index in [-0.39, 0.29) is 28.5 Å². The van der Waals surface area contributed by atoms with Crippen LogP contribution in [0.3, 0.4) is 0 Å². The van der Waals surface area contributed by atoms with Crippen molar-refractivity contribution in [2.75, 3.05) is 38.5 Å². The Bertz CT molecular complexity index is 480. The van der Waals surface area contributed by atoms with Crippen molar-refractivity contribution in [1.82, 2.24) is 20.2 Å². The standard InChI is InChI=1S/C13H22ClN5O2/c1-4-19(5-2)8-7-16-12(20)9-13(21-6-3)18-11(15)10(14)17-9/h4-8H2,1-3H3,(H2,15,18)(H,16,20). The zero-order valence-corrected chi connectivity index (χ0v) is 13.4. The highest BCUT2D eigenvalue weighted by molar-refractivity contribution is 6.31. The Kier molecular flexibility index (Phi) is 7.18. The number of nitrogens with two attached hydrogens (primary N) is 1. The number of carbonyl (C=O) groups is 1. The second-order valence-electron chi connectivity index (χ2n) is 4.27. The van der Waals surface area contributed by atoms with E-state index >= 15 is 0 Å². The molecule has 0 saturated carbocycles. The normalized spacial score (nSPS) is 10.7. The predicted molar refractivity (Wildman–Crippen MR) is 82.7 cm³/mol. The van der Waals surface area contributed by atoms with E-state index in [2.05, 4.69) is 34.0 Å². The lowest BCUT2D eigenvalue weighted by Crippen LogP contribution is -2.35. The topological polar surface area (TPSA) is 93.4 Å². The monoisotopic (exact) mass is 315 g/mol. The Morgan fingerprint density at radius 1 is 1.33 bits per heavy atom. The van der Waals surface area contributed by atoms with Crippen molar-refractivity contribution < 1.29 is 9.53 Å². The van der Waals surface area contributed by atoms with Crippen molar-refractivity contribution in [3.63, 3.8) is 0 Å². The lowest BCUT2D eigenvalue weighted by molar-refractivity contribution is 0.0939. The van der Waals surface area contributed by atoms with E-state index < -0.39 is 0 Å². The van der Waals surface area contributed by atoms with Gasteiger partial charge in [-0.05, 0) is 20.0 Å². The molecule has 0 radical (unpaired) electrons. The minimum atomic E-state index is -0.375. The van der Waals surface area contributed by atoms with Gasteiger partial charge in [0.05, 0.1) is 6.61 Å². The van der Waals surface area contributed by atoms with E-state index in [1.807, 2.05) is 0 Å². The van der Waals surface area contributed by atoms with E-state index in [1.54, 1.807) is 6.92 Å². The molecule has 0 bridgehead atoms. The van der Waals surface area contributed by atoms with Crippen LogP contribution in [0, 0.1) is 0 Å². The average Bonchev–Trinajstić information content (AvgIpc) is 2.47. The van der Waals surface area contributed by atoms with E-state index in [4.69, 9.17) is 22.1 Å². The summed E-state index contributed by atoms with van der Waals surface area (Å²) in [5, 5.41) is 2.77. The second-order valence-corrected chi connectivity index (χ2v) is 4.63. The molecular weight excluding hydrogens is 294 g/mol. The number of aromatic nitrogens is 2. The summed E-state index contributed by atoms with van der Waals surface area (Å²) < 4.78 is 5.28. The zero-order chi connectivity index (χ0) is 15.8. The van der Waals surface area contributed by atoms with Gasteiger partial charge in [0.1, 0.15) is 0 Å². The maximum atomic E-state index is 12.2. The fraction of sp³-hybridized carbons (Fsp3) is 0.615. The number of hydrogen-bond acceptors (Lipinski definition) is 6. The van der Waals surface area contributed by atoms with Gasteiger partial charge in [-0.2, -0.15) is 4.98 Å². The third kappa shape index (κ3) is 5.02. The summed E-state index contributed by atoms with van der Waals surface area (Å²) >= 11 is 5.82. The SMILES string of the molecule is CCOc1nc(N)c(Cl)nc1C(=O)NCCN(CC)CC. The lowest BCUT2D eigenvalue weighted by Gasteiger charge is -2.18. The molecule has 0 saturated heterocycles. The molecule has 0 atom stereocenters. The van der Waals surface area contributed by atoms with Crippen LogP contribution < -0.4 is 15.8 Å². The van der Waals surface area contributed by atoms with Crippen molar-refractivity contribution >= 4 is 23.3 Å². The first kappa shape index (κ1) is 17.5. The number of ether oxygens (including phenoxy) is 1. The number of anilines is 1. The molecule has 1 rings (SSSR count). The molecule has 0 aliphatic heterocycles. The number of rotatable bonds is 8. The molecule has 1 amide bonds. The van der Waals surface area contributed by atoms with Crippen molar-refractivity contribution in [3.05, 3.63) is 10.8 Å². The minimum Gasteiger partial charge on any atom is -0.476 e. The Morgan fingerprint density at radius 2 is 2.00 bits per heavy atom. The van der Waals surface area contributed by atoms with Gasteiger partial charge in [-0.25, -0.2) is 4.98 Å². The molecule has 1 heterocycles. The zero-order valence-electron chi connectivity index (χ0n) is 12.6. The van der Waals surface area contributed by atoms with E-state index in [1.165, 1.54) is 0 Å². The van der Waals surface area contributed by atoms with Crippen LogP contribution >= 0.6 is 11.6 Å². The molecule has 1 aromatic heterocycles. The molecule has 0 aliphatic rings. The van der Waals surface area contributed by atoms with Crippen molar-refractivity contribution in [2.45, 2.75) is 20.8 Å². The van der Waals surface area contributed by atoms with Gasteiger partial charge in [0, 0.05) is 13.1 Å². The van der Waals surface area contributed by atoms with Crippen LogP contribution in [0.1, 0.15) is 31.3 Å². The maximum absolute atomic E-state index is 12.2. The van der Waals surface area contributed by atoms with Gasteiger partial charge in [0.15, 0.2) is 16.7 Å². The quantitative estimate of drug-likeness (QED) is 0.748. The molecule has 0 unspecified atom stereocenters. The van der Waals surface area contributed by atoms with Crippen LogP contribution in [0.2, 0.25) is 5.15 Å². The maximum Gasteiger partial charge on any atom is 0.275 e. The number of halogens is 1. The summed E-state index contributed by atoms with van der Waals surface area (Å²) in [5.41, 5.74) is 5.62. The Hall–Kier alpha value is -1.60. The van der Waals surface area contributed by atoms with Gasteiger partial charge in [0.25, 0.3) is 5.91 Å². The van der Waals surface area contributed by atoms with Gasteiger partial charge in [0.2, 0.25) is 5.88 Å². The highest BCUT2D eigenvalue weighted by atomic mass is 35.5. The molecule has 8 heteroatoms. The molecule has 1 aromatic rings. The van der Waals surface area contributed by atoms with Crippen molar-refractivity contribution in [2.24, 2.45) is 0 Å². The van der Waals surface area contributed by atoms with Crippen LogP contribution in [0.4, 0.5) is 5.82 Å². The highest BCUT2D eigenvalue weighted by Gasteiger charge is 2.18. The van der Waals surface area contributed by atoms with Gasteiger partial charge >= 0.3 is 0 Å². The first-order valence-corrected chi connectivity index (χ1v) is 7.37. The minimum absolute atomic E-state index is 0.00709. The van der Waals surface area contributed by atoms with Crippen LogP contribution in [0.25, 0.3) is 0 Å². The summed E-state index contributed by atoms with van der Waals surface area (Å²) in [6.07, 6.45) is 0. The summed E-state index contributed by atoms with van der Waals surface area (Å²) in [6, 6.07) is 0. The van der Waals surface area contributed by atoms with E-state index in [9.17, 15) is 4.79 Å². The van der Waals surface area contributed by atoms with Crippen LogP contribution in [0.5, 0.6) is 5.88 Å². The van der Waals surface area contributed by atoms with Gasteiger partial charge < -0.3 is 20.7 Å². The lowest BCUT2D eigenvalue weighted by atomic mass is 10.3. The van der Waals surface area contributed by atoms with Gasteiger partial charge in [-0.15, -0.1) is 0 Å². The molecule has 0 spiro atoms. The molecule has 3 N–H and O–H groups in total. The number of amides is 1. The Morgan fingerprint density at radius 3 is 2.57 bits per heavy atom. The molecule has 0 aliphatic carbocycles.